The predicted octanol–water partition coefficient (Wildman–Crippen LogP) is 1.35. The van der Waals surface area contributed by atoms with Gasteiger partial charge in [0.25, 0.3) is 0 Å². The number of rotatable bonds is 0. The molecule has 1 radical (unpaired) electrons. The van der Waals surface area contributed by atoms with Gasteiger partial charge in [-0.3, -0.25) is 0 Å². The summed E-state index contributed by atoms with van der Waals surface area (Å²) in [4.78, 5) is 0. The van der Waals surface area contributed by atoms with E-state index in [4.69, 9.17) is 4.74 Å². The van der Waals surface area contributed by atoms with E-state index in [0.717, 1.165) is 6.61 Å². The van der Waals surface area contributed by atoms with E-state index in [9.17, 15) is 0 Å². The van der Waals surface area contributed by atoms with Crippen LogP contribution in [0.15, 0.2) is 0 Å². The second kappa shape index (κ2) is 1.61. The minimum atomic E-state index is 0.950. The Hall–Kier alpha value is -0.0400. The van der Waals surface area contributed by atoms with E-state index in [1.54, 1.807) is 0 Å². The lowest BCUT2D eigenvalue weighted by Gasteiger charge is -1.92. The van der Waals surface area contributed by atoms with Crippen molar-refractivity contribution in [3.8, 4) is 0 Å². The first-order valence-electron chi connectivity index (χ1n) is 2.35. The molecule has 0 unspecified atom stereocenters. The van der Waals surface area contributed by atoms with E-state index >= 15 is 0 Å². The minimum absolute atomic E-state index is 0.950. The monoisotopic (exact) mass is 85.1 g/mol. The lowest BCUT2D eigenvalue weighted by Crippen LogP contribution is -1.82. The topological polar surface area (TPSA) is 9.23 Å². The molecule has 0 N–H and O–H groups in total. The Morgan fingerprint density at radius 3 is 2.67 bits per heavy atom. The smallest absolute Gasteiger partial charge is 0.0940 e. The van der Waals surface area contributed by atoms with E-state index in [-0.39, 0.29) is 0 Å². The standard InChI is InChI=1S/C5H9O/c1-5-3-2-4-6-5/h2-4H2,1H3. The van der Waals surface area contributed by atoms with Crippen LogP contribution in [0, 0.1) is 6.10 Å². The molecule has 0 saturated carbocycles. The number of hydrogen-bond donors (Lipinski definition) is 0. The Kier molecular flexibility index (Phi) is 1.10. The second-order valence-corrected chi connectivity index (χ2v) is 1.65. The van der Waals surface area contributed by atoms with Crippen LogP contribution in [-0.4, -0.2) is 6.61 Å². The molecular formula is C5H9O. The van der Waals surface area contributed by atoms with E-state index in [1.807, 2.05) is 6.92 Å². The summed E-state index contributed by atoms with van der Waals surface area (Å²) in [5.41, 5.74) is 0. The van der Waals surface area contributed by atoms with Crippen molar-refractivity contribution in [3.05, 3.63) is 6.10 Å². The van der Waals surface area contributed by atoms with Gasteiger partial charge in [-0.15, -0.1) is 0 Å². The SMILES string of the molecule is C[C]1CCCO1. The molecule has 0 aromatic rings. The average Bonchev–Trinajstić information content (AvgIpc) is 1.86. The van der Waals surface area contributed by atoms with Crippen molar-refractivity contribution >= 4 is 0 Å². The zero-order chi connectivity index (χ0) is 4.41. The fourth-order valence-corrected chi connectivity index (χ4v) is 0.640. The second-order valence-electron chi connectivity index (χ2n) is 1.65. The van der Waals surface area contributed by atoms with Crippen molar-refractivity contribution in [2.75, 3.05) is 6.61 Å². The van der Waals surface area contributed by atoms with E-state index in [0.29, 0.717) is 0 Å². The summed E-state index contributed by atoms with van der Waals surface area (Å²) in [6, 6.07) is 0. The van der Waals surface area contributed by atoms with Gasteiger partial charge in [0.1, 0.15) is 0 Å². The fourth-order valence-electron chi connectivity index (χ4n) is 0.640. The van der Waals surface area contributed by atoms with Crippen LogP contribution in [0.3, 0.4) is 0 Å². The van der Waals surface area contributed by atoms with Crippen LogP contribution in [0.25, 0.3) is 0 Å². The highest BCUT2D eigenvalue weighted by Gasteiger charge is 2.08. The van der Waals surface area contributed by atoms with Crippen LogP contribution in [-0.2, 0) is 4.74 Å². The average molecular weight is 85.1 g/mol. The van der Waals surface area contributed by atoms with Crippen LogP contribution in [0.1, 0.15) is 19.8 Å². The molecule has 0 spiro atoms. The van der Waals surface area contributed by atoms with Crippen molar-refractivity contribution in [3.63, 3.8) is 0 Å². The summed E-state index contributed by atoms with van der Waals surface area (Å²) in [7, 11) is 0. The molecule has 0 aromatic carbocycles. The summed E-state index contributed by atoms with van der Waals surface area (Å²) in [5.74, 6) is 0. The Balaban J connectivity index is 2.18. The molecule has 1 heteroatoms. The van der Waals surface area contributed by atoms with Crippen LogP contribution in [0.5, 0.6) is 0 Å². The lowest BCUT2D eigenvalue weighted by atomic mass is 10.3. The van der Waals surface area contributed by atoms with E-state index < -0.39 is 0 Å². The first-order valence-corrected chi connectivity index (χ1v) is 2.35. The molecule has 1 saturated heterocycles. The number of hydrogen-bond acceptors (Lipinski definition) is 1. The summed E-state index contributed by atoms with van der Waals surface area (Å²) in [5, 5.41) is 0. The molecule has 0 atom stereocenters. The third kappa shape index (κ3) is 0.716. The zero-order valence-corrected chi connectivity index (χ0v) is 4.03. The molecule has 1 aliphatic rings. The Bertz CT molecular complexity index is 37.2. The summed E-state index contributed by atoms with van der Waals surface area (Å²) >= 11 is 0. The zero-order valence-electron chi connectivity index (χ0n) is 4.03. The molecule has 0 aliphatic carbocycles. The van der Waals surface area contributed by atoms with Crippen molar-refractivity contribution < 1.29 is 4.74 Å². The first kappa shape index (κ1) is 4.13. The maximum absolute atomic E-state index is 5.07. The van der Waals surface area contributed by atoms with Gasteiger partial charge in [-0.05, 0) is 19.8 Å². The Labute approximate surface area is 38.3 Å². The highest BCUT2D eigenvalue weighted by molar-refractivity contribution is 4.75. The summed E-state index contributed by atoms with van der Waals surface area (Å²) in [6.07, 6.45) is 3.61. The van der Waals surface area contributed by atoms with Crippen LogP contribution in [0.2, 0.25) is 0 Å². The quantitative estimate of drug-likeness (QED) is 0.431. The molecule has 1 fully saturated rings. The van der Waals surface area contributed by atoms with Gasteiger partial charge >= 0.3 is 0 Å². The van der Waals surface area contributed by atoms with E-state index in [2.05, 4.69) is 0 Å². The predicted molar refractivity (Wildman–Crippen MR) is 24.1 cm³/mol. The minimum Gasteiger partial charge on any atom is -0.372 e. The highest BCUT2D eigenvalue weighted by atomic mass is 16.5. The highest BCUT2D eigenvalue weighted by Crippen LogP contribution is 2.16. The summed E-state index contributed by atoms with van der Waals surface area (Å²) in [6.45, 7) is 2.98. The third-order valence-corrected chi connectivity index (χ3v) is 1.02. The molecule has 0 bridgehead atoms. The van der Waals surface area contributed by atoms with Crippen molar-refractivity contribution in [1.82, 2.24) is 0 Å². The van der Waals surface area contributed by atoms with Gasteiger partial charge in [0.2, 0.25) is 0 Å². The fraction of sp³-hybridized carbons (Fsp3) is 0.800. The molecule has 0 aromatic heterocycles. The molecule has 1 heterocycles. The molecule has 1 aliphatic heterocycles. The number of ether oxygens (including phenoxy) is 1. The van der Waals surface area contributed by atoms with Gasteiger partial charge in [0.05, 0.1) is 6.10 Å². The van der Waals surface area contributed by atoms with Gasteiger partial charge in [-0.1, -0.05) is 0 Å². The Morgan fingerprint density at radius 2 is 2.50 bits per heavy atom. The molecule has 0 amide bonds. The van der Waals surface area contributed by atoms with Gasteiger partial charge in [-0.25, -0.2) is 0 Å². The third-order valence-electron chi connectivity index (χ3n) is 1.02. The normalized spacial score (nSPS) is 25.5. The van der Waals surface area contributed by atoms with Crippen LogP contribution in [0.4, 0.5) is 0 Å². The molecule has 6 heavy (non-hydrogen) atoms. The van der Waals surface area contributed by atoms with E-state index in [1.165, 1.54) is 18.9 Å². The van der Waals surface area contributed by atoms with Gasteiger partial charge in [0, 0.05) is 6.61 Å². The maximum Gasteiger partial charge on any atom is 0.0940 e. The Morgan fingerprint density at radius 1 is 1.67 bits per heavy atom. The summed E-state index contributed by atoms with van der Waals surface area (Å²) < 4.78 is 5.07. The van der Waals surface area contributed by atoms with Crippen LogP contribution < -0.4 is 0 Å². The van der Waals surface area contributed by atoms with Gasteiger partial charge < -0.3 is 4.74 Å². The van der Waals surface area contributed by atoms with Gasteiger partial charge in [0.15, 0.2) is 0 Å². The van der Waals surface area contributed by atoms with Crippen molar-refractivity contribution in [2.45, 2.75) is 19.8 Å². The molecular weight excluding hydrogens is 76.1 g/mol. The lowest BCUT2D eigenvalue weighted by molar-refractivity contribution is 0.205. The van der Waals surface area contributed by atoms with Gasteiger partial charge in [-0.2, -0.15) is 0 Å². The molecule has 1 rings (SSSR count). The van der Waals surface area contributed by atoms with Crippen molar-refractivity contribution in [2.24, 2.45) is 0 Å². The van der Waals surface area contributed by atoms with Crippen molar-refractivity contribution in [1.29, 1.82) is 0 Å². The molecule has 35 valence electrons. The first-order chi connectivity index (χ1) is 2.89. The van der Waals surface area contributed by atoms with Crippen LogP contribution >= 0.6 is 0 Å². The molecule has 1 nitrogen and oxygen atoms in total. The maximum atomic E-state index is 5.07. The largest absolute Gasteiger partial charge is 0.372 e.